The van der Waals surface area contributed by atoms with Crippen LogP contribution in [0.25, 0.3) is 0 Å². The fourth-order valence-corrected chi connectivity index (χ4v) is 2.39. The Balaban J connectivity index is 2.21. The maximum atomic E-state index is 12.2. The van der Waals surface area contributed by atoms with E-state index < -0.39 is 17.9 Å². The topological polar surface area (TPSA) is 74.7 Å². The number of likely N-dealkylation sites (tertiary alicyclic amines) is 1. The Morgan fingerprint density at radius 1 is 1.26 bits per heavy atom. The normalized spacial score (nSPS) is 19.3. The number of benzene rings is 1. The molecule has 1 fully saturated rings. The maximum Gasteiger partial charge on any atom is 0.414 e. The molecule has 1 aromatic carbocycles. The molecule has 1 N–H and O–H groups in total. The number of halogens is 1. The van der Waals surface area contributed by atoms with Crippen molar-refractivity contribution in [1.29, 1.82) is 0 Å². The van der Waals surface area contributed by atoms with Gasteiger partial charge in [0.25, 0.3) is 0 Å². The van der Waals surface area contributed by atoms with E-state index in [4.69, 9.17) is 5.11 Å². The average molecular weight is 326 g/mol. The van der Waals surface area contributed by atoms with Crippen LogP contribution in [0.5, 0.6) is 0 Å². The number of carbonyl (C=O) groups is 3. The first-order chi connectivity index (χ1) is 9.00. The first-order valence-corrected chi connectivity index (χ1v) is 6.64. The SMILES string of the molecule is O=C(c1ccc(Br)cc1)C1CCCN(C(=O)O)C1=O. The van der Waals surface area contributed by atoms with Gasteiger partial charge in [0.1, 0.15) is 5.92 Å². The van der Waals surface area contributed by atoms with Gasteiger partial charge in [0.05, 0.1) is 0 Å². The Kier molecular flexibility index (Phi) is 3.99. The molecule has 100 valence electrons. The predicted molar refractivity (Wildman–Crippen MR) is 70.9 cm³/mol. The lowest BCUT2D eigenvalue weighted by Crippen LogP contribution is -2.46. The Morgan fingerprint density at radius 2 is 1.89 bits per heavy atom. The number of hydrogen-bond donors (Lipinski definition) is 1. The van der Waals surface area contributed by atoms with Gasteiger partial charge in [0.15, 0.2) is 5.78 Å². The summed E-state index contributed by atoms with van der Waals surface area (Å²) >= 11 is 3.27. The van der Waals surface area contributed by atoms with Crippen molar-refractivity contribution < 1.29 is 19.5 Å². The number of carbonyl (C=O) groups excluding carboxylic acids is 2. The van der Waals surface area contributed by atoms with E-state index in [0.717, 1.165) is 9.37 Å². The highest BCUT2D eigenvalue weighted by atomic mass is 79.9. The summed E-state index contributed by atoms with van der Waals surface area (Å²) < 4.78 is 0.839. The fourth-order valence-electron chi connectivity index (χ4n) is 2.12. The number of hydrogen-bond acceptors (Lipinski definition) is 3. The molecule has 0 radical (unpaired) electrons. The number of rotatable bonds is 2. The number of ketones is 1. The van der Waals surface area contributed by atoms with Crippen LogP contribution in [-0.4, -0.2) is 34.3 Å². The van der Waals surface area contributed by atoms with Crippen molar-refractivity contribution in [2.24, 2.45) is 5.92 Å². The molecular formula is C13H12BrNO4. The van der Waals surface area contributed by atoms with Crippen molar-refractivity contribution in [2.75, 3.05) is 6.54 Å². The maximum absolute atomic E-state index is 12.2. The zero-order chi connectivity index (χ0) is 14.0. The second kappa shape index (κ2) is 5.52. The van der Waals surface area contributed by atoms with Crippen LogP contribution < -0.4 is 0 Å². The van der Waals surface area contributed by atoms with Gasteiger partial charge in [-0.15, -0.1) is 0 Å². The van der Waals surface area contributed by atoms with Crippen LogP contribution in [-0.2, 0) is 4.79 Å². The molecule has 1 heterocycles. The lowest BCUT2D eigenvalue weighted by atomic mass is 9.89. The molecule has 0 bridgehead atoms. The summed E-state index contributed by atoms with van der Waals surface area (Å²) in [7, 11) is 0. The number of nitrogens with zero attached hydrogens (tertiary/aromatic N) is 1. The summed E-state index contributed by atoms with van der Waals surface area (Å²) in [4.78, 5) is 35.8. The van der Waals surface area contributed by atoms with E-state index in [9.17, 15) is 14.4 Å². The van der Waals surface area contributed by atoms with E-state index in [1.54, 1.807) is 24.3 Å². The summed E-state index contributed by atoms with van der Waals surface area (Å²) in [6.07, 6.45) is -0.374. The molecule has 0 spiro atoms. The Morgan fingerprint density at radius 3 is 2.47 bits per heavy atom. The number of amides is 2. The highest BCUT2D eigenvalue weighted by Gasteiger charge is 2.37. The van der Waals surface area contributed by atoms with Crippen LogP contribution in [0, 0.1) is 5.92 Å². The largest absolute Gasteiger partial charge is 0.465 e. The second-order valence-corrected chi connectivity index (χ2v) is 5.25. The molecule has 1 aromatic rings. The highest BCUT2D eigenvalue weighted by molar-refractivity contribution is 9.10. The average Bonchev–Trinajstić information content (AvgIpc) is 2.38. The number of Topliss-reactive ketones (excluding diaryl/α,β-unsaturated/α-hetero) is 1. The van der Waals surface area contributed by atoms with Crippen molar-refractivity contribution in [3.63, 3.8) is 0 Å². The van der Waals surface area contributed by atoms with Crippen LogP contribution in [0.1, 0.15) is 23.2 Å². The molecule has 0 aliphatic carbocycles. The smallest absolute Gasteiger partial charge is 0.414 e. The first kappa shape index (κ1) is 13.7. The van der Waals surface area contributed by atoms with Gasteiger partial charge in [-0.1, -0.05) is 28.1 Å². The third-order valence-corrected chi connectivity index (χ3v) is 3.64. The zero-order valence-corrected chi connectivity index (χ0v) is 11.6. The molecule has 5 nitrogen and oxygen atoms in total. The summed E-state index contributed by atoms with van der Waals surface area (Å²) in [5.41, 5.74) is 0.425. The minimum atomic E-state index is -1.29. The molecule has 2 rings (SSSR count). The van der Waals surface area contributed by atoms with Crippen LogP contribution in [0.4, 0.5) is 4.79 Å². The van der Waals surface area contributed by atoms with Crippen LogP contribution >= 0.6 is 15.9 Å². The molecule has 6 heteroatoms. The lowest BCUT2D eigenvalue weighted by molar-refractivity contribution is -0.134. The monoisotopic (exact) mass is 325 g/mol. The molecule has 0 aromatic heterocycles. The minimum absolute atomic E-state index is 0.165. The van der Waals surface area contributed by atoms with Gasteiger partial charge < -0.3 is 5.11 Å². The Hall–Kier alpha value is -1.69. The van der Waals surface area contributed by atoms with E-state index in [-0.39, 0.29) is 12.3 Å². The van der Waals surface area contributed by atoms with Crippen molar-refractivity contribution in [3.05, 3.63) is 34.3 Å². The van der Waals surface area contributed by atoms with E-state index in [2.05, 4.69) is 15.9 Å². The molecule has 2 amide bonds. The molecule has 0 saturated carbocycles. The molecule has 1 saturated heterocycles. The van der Waals surface area contributed by atoms with Gasteiger partial charge in [-0.2, -0.15) is 0 Å². The van der Waals surface area contributed by atoms with Gasteiger partial charge in [-0.3, -0.25) is 9.59 Å². The van der Waals surface area contributed by atoms with Crippen molar-refractivity contribution >= 4 is 33.7 Å². The summed E-state index contributed by atoms with van der Waals surface area (Å²) in [6.45, 7) is 0.165. The minimum Gasteiger partial charge on any atom is -0.465 e. The van der Waals surface area contributed by atoms with Crippen molar-refractivity contribution in [1.82, 2.24) is 4.90 Å². The van der Waals surface area contributed by atoms with Gasteiger partial charge in [-0.25, -0.2) is 9.69 Å². The molecule has 1 unspecified atom stereocenters. The van der Waals surface area contributed by atoms with Crippen LogP contribution in [0.2, 0.25) is 0 Å². The van der Waals surface area contributed by atoms with Gasteiger partial charge in [-0.05, 0) is 25.0 Å². The van der Waals surface area contributed by atoms with Crippen LogP contribution in [0.15, 0.2) is 28.7 Å². The highest BCUT2D eigenvalue weighted by Crippen LogP contribution is 2.23. The van der Waals surface area contributed by atoms with E-state index in [1.165, 1.54) is 0 Å². The van der Waals surface area contributed by atoms with Gasteiger partial charge >= 0.3 is 6.09 Å². The Labute approximate surface area is 118 Å². The fraction of sp³-hybridized carbons (Fsp3) is 0.308. The third-order valence-electron chi connectivity index (χ3n) is 3.11. The predicted octanol–water partition coefficient (Wildman–Crippen LogP) is 2.55. The zero-order valence-electron chi connectivity index (χ0n) is 10.0. The summed E-state index contributed by atoms with van der Waals surface area (Å²) in [5.74, 6) is -1.82. The molecule has 19 heavy (non-hydrogen) atoms. The quantitative estimate of drug-likeness (QED) is 0.669. The first-order valence-electron chi connectivity index (χ1n) is 5.85. The van der Waals surface area contributed by atoms with E-state index in [1.807, 2.05) is 0 Å². The Bertz CT molecular complexity index is 526. The standard InChI is InChI=1S/C13H12BrNO4/c14-9-5-3-8(4-6-9)11(16)10-2-1-7-15(12(10)17)13(18)19/h3-6,10H,1-2,7H2,(H,18,19). The number of carboxylic acid groups (broad SMARTS) is 1. The van der Waals surface area contributed by atoms with Gasteiger partial charge in [0, 0.05) is 16.6 Å². The van der Waals surface area contributed by atoms with Crippen molar-refractivity contribution in [3.8, 4) is 0 Å². The number of piperidine rings is 1. The summed E-state index contributed by atoms with van der Waals surface area (Å²) in [5, 5.41) is 8.90. The molecule has 1 aliphatic heterocycles. The third kappa shape index (κ3) is 2.84. The molecular weight excluding hydrogens is 314 g/mol. The van der Waals surface area contributed by atoms with Crippen LogP contribution in [0.3, 0.4) is 0 Å². The van der Waals surface area contributed by atoms with E-state index >= 15 is 0 Å². The summed E-state index contributed by atoms with van der Waals surface area (Å²) in [6, 6.07) is 6.68. The molecule has 1 aliphatic rings. The second-order valence-electron chi connectivity index (χ2n) is 4.34. The molecule has 1 atom stereocenters. The lowest BCUT2D eigenvalue weighted by Gasteiger charge is -2.27. The van der Waals surface area contributed by atoms with E-state index in [0.29, 0.717) is 18.4 Å². The van der Waals surface area contributed by atoms with Crippen molar-refractivity contribution in [2.45, 2.75) is 12.8 Å². The number of imide groups is 1. The van der Waals surface area contributed by atoms with Gasteiger partial charge in [0.2, 0.25) is 5.91 Å².